The van der Waals surface area contributed by atoms with Crippen molar-refractivity contribution in [3.63, 3.8) is 0 Å². The number of amides is 2. The van der Waals surface area contributed by atoms with E-state index in [2.05, 4.69) is 17.2 Å². The summed E-state index contributed by atoms with van der Waals surface area (Å²) in [6.45, 7) is 6.15. The molecule has 1 aromatic rings. The van der Waals surface area contributed by atoms with Crippen molar-refractivity contribution in [3.05, 3.63) is 24.0 Å². The molecule has 1 aliphatic rings. The van der Waals surface area contributed by atoms with Crippen LogP contribution in [0.2, 0.25) is 0 Å². The SMILES string of the molecule is CCCNc1ccnc(CN2CC(=O)N(CC)CC2=O)c1. The summed E-state index contributed by atoms with van der Waals surface area (Å²) in [6, 6.07) is 3.83. The zero-order valence-corrected chi connectivity index (χ0v) is 12.6. The van der Waals surface area contributed by atoms with Gasteiger partial charge in [0.05, 0.1) is 18.8 Å². The van der Waals surface area contributed by atoms with E-state index in [-0.39, 0.29) is 24.9 Å². The first kappa shape index (κ1) is 15.3. The molecule has 0 aromatic carbocycles. The summed E-state index contributed by atoms with van der Waals surface area (Å²) in [5, 5.41) is 3.29. The third-order valence-corrected chi connectivity index (χ3v) is 3.49. The standard InChI is InChI=1S/C15H22N4O2/c1-3-6-16-12-5-7-17-13(8-12)9-19-11-14(20)18(4-2)10-15(19)21/h5,7-8H,3-4,6,9-11H2,1-2H3,(H,16,17). The van der Waals surface area contributed by atoms with Gasteiger partial charge >= 0.3 is 0 Å². The van der Waals surface area contributed by atoms with Crippen LogP contribution in [0.25, 0.3) is 0 Å². The average molecular weight is 290 g/mol. The molecule has 0 spiro atoms. The van der Waals surface area contributed by atoms with Crippen molar-refractivity contribution in [1.82, 2.24) is 14.8 Å². The van der Waals surface area contributed by atoms with Gasteiger partial charge in [-0.1, -0.05) is 6.92 Å². The largest absolute Gasteiger partial charge is 0.385 e. The van der Waals surface area contributed by atoms with E-state index in [9.17, 15) is 9.59 Å². The molecule has 2 heterocycles. The molecule has 0 atom stereocenters. The number of hydrogen-bond donors (Lipinski definition) is 1. The quantitative estimate of drug-likeness (QED) is 0.852. The molecule has 0 radical (unpaired) electrons. The van der Waals surface area contributed by atoms with Crippen LogP contribution in [-0.2, 0) is 16.1 Å². The lowest BCUT2D eigenvalue weighted by Gasteiger charge is -2.33. The molecule has 0 saturated carbocycles. The molecule has 21 heavy (non-hydrogen) atoms. The molecule has 1 aliphatic heterocycles. The summed E-state index contributed by atoms with van der Waals surface area (Å²) in [5.74, 6) is -0.0254. The monoisotopic (exact) mass is 290 g/mol. The second-order valence-corrected chi connectivity index (χ2v) is 5.12. The van der Waals surface area contributed by atoms with Crippen LogP contribution in [0.5, 0.6) is 0 Å². The number of piperazine rings is 1. The fourth-order valence-electron chi connectivity index (χ4n) is 2.27. The fourth-order valence-corrected chi connectivity index (χ4v) is 2.27. The number of aromatic nitrogens is 1. The second-order valence-electron chi connectivity index (χ2n) is 5.12. The highest BCUT2D eigenvalue weighted by Gasteiger charge is 2.28. The smallest absolute Gasteiger partial charge is 0.243 e. The summed E-state index contributed by atoms with van der Waals surface area (Å²) in [4.78, 5) is 31.4. The normalized spacial score (nSPS) is 15.5. The first-order chi connectivity index (χ1) is 10.1. The molecule has 1 aromatic heterocycles. The topological polar surface area (TPSA) is 65.5 Å². The van der Waals surface area contributed by atoms with Gasteiger partial charge in [-0.15, -0.1) is 0 Å². The molecule has 114 valence electrons. The Morgan fingerprint density at radius 3 is 2.62 bits per heavy atom. The summed E-state index contributed by atoms with van der Waals surface area (Å²) in [5.41, 5.74) is 1.79. The van der Waals surface area contributed by atoms with E-state index in [1.807, 2.05) is 19.1 Å². The Hall–Kier alpha value is -2.11. The van der Waals surface area contributed by atoms with Crippen molar-refractivity contribution in [3.8, 4) is 0 Å². The van der Waals surface area contributed by atoms with Crippen molar-refractivity contribution < 1.29 is 9.59 Å². The fraction of sp³-hybridized carbons (Fsp3) is 0.533. The van der Waals surface area contributed by atoms with E-state index in [0.29, 0.717) is 13.1 Å². The number of pyridine rings is 1. The van der Waals surface area contributed by atoms with Crippen molar-refractivity contribution in [2.24, 2.45) is 0 Å². The third kappa shape index (κ3) is 3.93. The van der Waals surface area contributed by atoms with Crippen molar-refractivity contribution >= 4 is 17.5 Å². The predicted octanol–water partition coefficient (Wildman–Crippen LogP) is 1.09. The minimum atomic E-state index is -0.0230. The Kier molecular flexibility index (Phi) is 5.14. The summed E-state index contributed by atoms with van der Waals surface area (Å²) >= 11 is 0. The van der Waals surface area contributed by atoms with Gasteiger partial charge in [0.1, 0.15) is 6.54 Å². The summed E-state index contributed by atoms with van der Waals surface area (Å²) in [6.07, 6.45) is 2.77. The van der Waals surface area contributed by atoms with Crippen LogP contribution in [0.1, 0.15) is 26.0 Å². The number of rotatable bonds is 6. The maximum Gasteiger partial charge on any atom is 0.243 e. The molecule has 1 fully saturated rings. The van der Waals surface area contributed by atoms with Gasteiger partial charge < -0.3 is 15.1 Å². The Balaban J connectivity index is 2.01. The number of likely N-dealkylation sites (N-methyl/N-ethyl adjacent to an activating group) is 1. The van der Waals surface area contributed by atoms with Crippen LogP contribution in [-0.4, -0.2) is 52.8 Å². The third-order valence-electron chi connectivity index (χ3n) is 3.49. The van der Waals surface area contributed by atoms with Crippen LogP contribution < -0.4 is 5.32 Å². The van der Waals surface area contributed by atoms with Crippen LogP contribution >= 0.6 is 0 Å². The van der Waals surface area contributed by atoms with Gasteiger partial charge in [0.25, 0.3) is 0 Å². The molecule has 0 aliphatic carbocycles. The van der Waals surface area contributed by atoms with Gasteiger partial charge in [-0.2, -0.15) is 0 Å². The molecule has 2 rings (SSSR count). The molecule has 1 saturated heterocycles. The van der Waals surface area contributed by atoms with Crippen LogP contribution in [0.4, 0.5) is 5.69 Å². The van der Waals surface area contributed by atoms with Crippen molar-refractivity contribution in [1.29, 1.82) is 0 Å². The summed E-state index contributed by atoms with van der Waals surface area (Å²) < 4.78 is 0. The Morgan fingerprint density at radius 1 is 1.19 bits per heavy atom. The maximum atomic E-state index is 12.1. The van der Waals surface area contributed by atoms with Crippen molar-refractivity contribution in [2.75, 3.05) is 31.5 Å². The maximum absolute atomic E-state index is 12.1. The van der Waals surface area contributed by atoms with E-state index >= 15 is 0 Å². The van der Waals surface area contributed by atoms with E-state index in [4.69, 9.17) is 0 Å². The zero-order valence-electron chi connectivity index (χ0n) is 12.6. The van der Waals surface area contributed by atoms with Gasteiger partial charge in [-0.05, 0) is 25.5 Å². The molecule has 0 bridgehead atoms. The molecule has 2 amide bonds. The van der Waals surface area contributed by atoms with Crippen LogP contribution in [0, 0.1) is 0 Å². The Bertz CT molecular complexity index is 518. The van der Waals surface area contributed by atoms with Gasteiger partial charge in [-0.25, -0.2) is 0 Å². The van der Waals surface area contributed by atoms with Gasteiger partial charge in [0.15, 0.2) is 0 Å². The minimum absolute atomic E-state index is 0.00244. The van der Waals surface area contributed by atoms with Crippen molar-refractivity contribution in [2.45, 2.75) is 26.8 Å². The number of carbonyl (C=O) groups excluding carboxylic acids is 2. The number of carbonyl (C=O) groups is 2. The Labute approximate surface area is 125 Å². The average Bonchev–Trinajstić information content (AvgIpc) is 2.49. The lowest BCUT2D eigenvalue weighted by atomic mass is 10.2. The lowest BCUT2D eigenvalue weighted by molar-refractivity contribution is -0.150. The Morgan fingerprint density at radius 2 is 1.90 bits per heavy atom. The van der Waals surface area contributed by atoms with Gasteiger partial charge in [0.2, 0.25) is 11.8 Å². The number of nitrogens with zero attached hydrogens (tertiary/aromatic N) is 3. The first-order valence-corrected chi connectivity index (χ1v) is 7.38. The molecular weight excluding hydrogens is 268 g/mol. The van der Waals surface area contributed by atoms with Gasteiger partial charge in [0, 0.05) is 25.0 Å². The van der Waals surface area contributed by atoms with Crippen LogP contribution in [0.15, 0.2) is 18.3 Å². The minimum Gasteiger partial charge on any atom is -0.385 e. The van der Waals surface area contributed by atoms with E-state index in [0.717, 1.165) is 24.3 Å². The molecular formula is C15H22N4O2. The van der Waals surface area contributed by atoms with Gasteiger partial charge in [-0.3, -0.25) is 14.6 Å². The summed E-state index contributed by atoms with van der Waals surface area (Å²) in [7, 11) is 0. The van der Waals surface area contributed by atoms with E-state index < -0.39 is 0 Å². The van der Waals surface area contributed by atoms with Crippen LogP contribution in [0.3, 0.4) is 0 Å². The number of hydrogen-bond acceptors (Lipinski definition) is 4. The second kappa shape index (κ2) is 7.06. The highest BCUT2D eigenvalue weighted by molar-refractivity contribution is 5.92. The van der Waals surface area contributed by atoms with E-state index in [1.165, 1.54) is 0 Å². The zero-order chi connectivity index (χ0) is 15.2. The van der Waals surface area contributed by atoms with E-state index in [1.54, 1.807) is 16.0 Å². The number of anilines is 1. The lowest BCUT2D eigenvalue weighted by Crippen LogP contribution is -2.53. The molecule has 6 nitrogen and oxygen atoms in total. The highest BCUT2D eigenvalue weighted by Crippen LogP contribution is 2.13. The molecule has 6 heteroatoms. The predicted molar refractivity (Wildman–Crippen MR) is 80.7 cm³/mol. The number of nitrogens with one attached hydrogen (secondary N) is 1. The highest BCUT2D eigenvalue weighted by atomic mass is 16.2. The molecule has 0 unspecified atom stereocenters. The molecule has 1 N–H and O–H groups in total. The first-order valence-electron chi connectivity index (χ1n) is 7.38.